The molecule has 2 aromatic heterocycles. The maximum absolute atomic E-state index is 12.0. The predicted molar refractivity (Wildman–Crippen MR) is 65.5 cm³/mol. The molecule has 2 aromatic rings. The summed E-state index contributed by atoms with van der Waals surface area (Å²) in [6.07, 6.45) is 0. The molecule has 0 saturated carbocycles. The highest BCUT2D eigenvalue weighted by Gasteiger charge is 2.19. The van der Waals surface area contributed by atoms with Crippen molar-refractivity contribution in [2.45, 2.75) is 13.0 Å². The van der Waals surface area contributed by atoms with Crippen molar-refractivity contribution in [2.24, 2.45) is 7.05 Å². The highest BCUT2D eigenvalue weighted by molar-refractivity contribution is 6.41. The molecule has 0 aliphatic carbocycles. The van der Waals surface area contributed by atoms with Crippen LogP contribution in [0.3, 0.4) is 0 Å². The van der Waals surface area contributed by atoms with E-state index in [1.165, 1.54) is 10.6 Å². The van der Waals surface area contributed by atoms with Crippen molar-refractivity contribution in [3.8, 4) is 0 Å². The Morgan fingerprint density at radius 3 is 2.78 bits per heavy atom. The molecule has 1 amide bonds. The minimum Gasteiger partial charge on any atom is -0.341 e. The van der Waals surface area contributed by atoms with Gasteiger partial charge in [-0.2, -0.15) is 5.21 Å². The monoisotopic (exact) mass is 288 g/mol. The molecule has 1 atom stereocenters. The Bertz CT molecular complexity index is 564. The fourth-order valence-corrected chi connectivity index (χ4v) is 1.82. The first-order valence-electron chi connectivity index (χ1n) is 5.05. The highest BCUT2D eigenvalue weighted by atomic mass is 35.5. The second-order valence-corrected chi connectivity index (χ2v) is 4.46. The van der Waals surface area contributed by atoms with E-state index in [0.29, 0.717) is 21.7 Å². The van der Waals surface area contributed by atoms with E-state index in [9.17, 15) is 4.79 Å². The number of carbonyl (C=O) groups excluding carboxylic acids is 1. The fourth-order valence-electron chi connectivity index (χ4n) is 1.45. The Labute approximate surface area is 112 Å². The summed E-state index contributed by atoms with van der Waals surface area (Å²) in [5, 5.41) is 16.7. The first-order valence-corrected chi connectivity index (χ1v) is 5.81. The number of nitrogens with one attached hydrogen (secondary N) is 2. The summed E-state index contributed by atoms with van der Waals surface area (Å²) >= 11 is 11.7. The molecule has 0 saturated heterocycles. The second-order valence-electron chi connectivity index (χ2n) is 3.69. The number of carbonyl (C=O) groups is 1. The van der Waals surface area contributed by atoms with Gasteiger partial charge in [-0.05, 0) is 13.0 Å². The summed E-state index contributed by atoms with van der Waals surface area (Å²) in [4.78, 5) is 12.0. The van der Waals surface area contributed by atoms with Gasteiger partial charge < -0.3 is 9.88 Å². The van der Waals surface area contributed by atoms with Gasteiger partial charge in [0.2, 0.25) is 0 Å². The van der Waals surface area contributed by atoms with E-state index in [1.807, 2.05) is 0 Å². The maximum Gasteiger partial charge on any atom is 0.268 e. The van der Waals surface area contributed by atoms with Crippen LogP contribution in [0.25, 0.3) is 0 Å². The standard InChI is InChI=1S/C9H10Cl2N6O/c1-4(8-13-15-16-14-8)12-9(18)6-3-5(10)7(11)17(6)2/h3-4H,1-2H3,(H,12,18)(H,13,14,15,16). The van der Waals surface area contributed by atoms with Gasteiger partial charge in [0, 0.05) is 7.05 Å². The summed E-state index contributed by atoms with van der Waals surface area (Å²) in [7, 11) is 1.65. The average molecular weight is 289 g/mol. The van der Waals surface area contributed by atoms with Crippen LogP contribution >= 0.6 is 23.2 Å². The molecule has 1 unspecified atom stereocenters. The molecule has 2 heterocycles. The van der Waals surface area contributed by atoms with E-state index in [2.05, 4.69) is 25.9 Å². The third kappa shape index (κ3) is 2.32. The molecule has 9 heteroatoms. The molecule has 7 nitrogen and oxygen atoms in total. The van der Waals surface area contributed by atoms with Gasteiger partial charge in [0.1, 0.15) is 10.8 Å². The zero-order valence-electron chi connectivity index (χ0n) is 9.61. The highest BCUT2D eigenvalue weighted by Crippen LogP contribution is 2.25. The van der Waals surface area contributed by atoms with E-state index in [4.69, 9.17) is 23.2 Å². The van der Waals surface area contributed by atoms with Crippen LogP contribution in [0.1, 0.15) is 29.3 Å². The molecule has 2 N–H and O–H groups in total. The third-order valence-corrected chi connectivity index (χ3v) is 3.29. The Balaban J connectivity index is 2.15. The molecular weight excluding hydrogens is 279 g/mol. The van der Waals surface area contributed by atoms with Gasteiger partial charge in [-0.25, -0.2) is 0 Å². The summed E-state index contributed by atoms with van der Waals surface area (Å²) in [6.45, 7) is 1.74. The lowest BCUT2D eigenvalue weighted by Gasteiger charge is -2.10. The van der Waals surface area contributed by atoms with E-state index in [-0.39, 0.29) is 11.9 Å². The Kier molecular flexibility index (Phi) is 3.53. The Hall–Kier alpha value is -1.60. The number of hydrogen-bond donors (Lipinski definition) is 2. The number of halogens is 2. The van der Waals surface area contributed by atoms with Crippen molar-refractivity contribution in [1.29, 1.82) is 0 Å². The number of aromatic amines is 1. The lowest BCUT2D eigenvalue weighted by Crippen LogP contribution is -2.28. The van der Waals surface area contributed by atoms with Crippen LogP contribution in [0.2, 0.25) is 10.2 Å². The smallest absolute Gasteiger partial charge is 0.268 e. The maximum atomic E-state index is 12.0. The van der Waals surface area contributed by atoms with Crippen LogP contribution in [0, 0.1) is 0 Å². The number of amides is 1. The molecule has 2 rings (SSSR count). The van der Waals surface area contributed by atoms with Crippen LogP contribution in [0.5, 0.6) is 0 Å². The summed E-state index contributed by atoms with van der Waals surface area (Å²) in [5.74, 6) is 0.0818. The minimum absolute atomic E-state index is 0.314. The molecule has 0 aromatic carbocycles. The van der Waals surface area contributed by atoms with Gasteiger partial charge in [0.05, 0.1) is 11.1 Å². The molecule has 18 heavy (non-hydrogen) atoms. The molecule has 0 aliphatic rings. The number of aromatic nitrogens is 5. The number of rotatable bonds is 3. The molecule has 96 valence electrons. The molecule has 0 radical (unpaired) electrons. The van der Waals surface area contributed by atoms with Crippen molar-refractivity contribution < 1.29 is 4.79 Å². The lowest BCUT2D eigenvalue weighted by molar-refractivity contribution is 0.0930. The van der Waals surface area contributed by atoms with Gasteiger partial charge in [-0.3, -0.25) is 4.79 Å². The molecule has 0 bridgehead atoms. The summed E-state index contributed by atoms with van der Waals surface area (Å²) < 4.78 is 1.50. The van der Waals surface area contributed by atoms with Crippen molar-refractivity contribution in [3.63, 3.8) is 0 Å². The van der Waals surface area contributed by atoms with E-state index in [1.54, 1.807) is 14.0 Å². The molecule has 0 fully saturated rings. The summed E-state index contributed by atoms with van der Waals surface area (Å²) in [5.41, 5.74) is 0.361. The van der Waals surface area contributed by atoms with Crippen LogP contribution in [0.15, 0.2) is 6.07 Å². The van der Waals surface area contributed by atoms with Crippen molar-refractivity contribution in [1.82, 2.24) is 30.5 Å². The van der Waals surface area contributed by atoms with Crippen LogP contribution in [0.4, 0.5) is 0 Å². The minimum atomic E-state index is -0.372. The van der Waals surface area contributed by atoms with E-state index < -0.39 is 0 Å². The van der Waals surface area contributed by atoms with Gasteiger partial charge in [-0.1, -0.05) is 28.4 Å². The van der Waals surface area contributed by atoms with Crippen LogP contribution in [-0.4, -0.2) is 31.1 Å². The van der Waals surface area contributed by atoms with Crippen molar-refractivity contribution in [3.05, 3.63) is 27.8 Å². The zero-order valence-corrected chi connectivity index (χ0v) is 11.1. The molecule has 0 aliphatic heterocycles. The third-order valence-electron chi connectivity index (χ3n) is 2.45. The van der Waals surface area contributed by atoms with Crippen LogP contribution in [-0.2, 0) is 7.05 Å². The average Bonchev–Trinajstić information content (AvgIpc) is 2.94. The first kappa shape index (κ1) is 12.8. The molecule has 0 spiro atoms. The van der Waals surface area contributed by atoms with Gasteiger partial charge in [0.25, 0.3) is 5.91 Å². The lowest BCUT2D eigenvalue weighted by atomic mass is 10.3. The number of tetrazole rings is 1. The predicted octanol–water partition coefficient (Wildman–Crippen LogP) is 1.34. The van der Waals surface area contributed by atoms with Gasteiger partial charge >= 0.3 is 0 Å². The van der Waals surface area contributed by atoms with E-state index >= 15 is 0 Å². The second kappa shape index (κ2) is 4.95. The normalized spacial score (nSPS) is 12.4. The fraction of sp³-hybridized carbons (Fsp3) is 0.333. The van der Waals surface area contributed by atoms with Crippen molar-refractivity contribution in [2.75, 3.05) is 0 Å². The van der Waals surface area contributed by atoms with Crippen molar-refractivity contribution >= 4 is 29.1 Å². The first-order chi connectivity index (χ1) is 8.50. The van der Waals surface area contributed by atoms with Gasteiger partial charge in [0.15, 0.2) is 5.82 Å². The zero-order chi connectivity index (χ0) is 13.3. The molecular formula is C9H10Cl2N6O. The topological polar surface area (TPSA) is 88.5 Å². The number of H-pyrrole nitrogens is 1. The van der Waals surface area contributed by atoms with Gasteiger partial charge in [-0.15, -0.1) is 10.2 Å². The van der Waals surface area contributed by atoms with E-state index in [0.717, 1.165) is 0 Å². The summed E-state index contributed by atoms with van der Waals surface area (Å²) in [6, 6.07) is 1.13. The number of hydrogen-bond acceptors (Lipinski definition) is 4. The largest absolute Gasteiger partial charge is 0.341 e. The Morgan fingerprint density at radius 2 is 2.28 bits per heavy atom. The van der Waals surface area contributed by atoms with Crippen LogP contribution < -0.4 is 5.32 Å². The Morgan fingerprint density at radius 1 is 1.56 bits per heavy atom. The quantitative estimate of drug-likeness (QED) is 0.892. The number of nitrogens with zero attached hydrogens (tertiary/aromatic N) is 4. The SMILES string of the molecule is CC(NC(=O)c1cc(Cl)c(Cl)n1C)c1nn[nH]n1.